The second-order valence-corrected chi connectivity index (χ2v) is 6.81. The van der Waals surface area contributed by atoms with E-state index < -0.39 is 4.92 Å². The maximum absolute atomic E-state index is 10.9. The van der Waals surface area contributed by atoms with Gasteiger partial charge >= 0.3 is 0 Å². The Bertz CT molecular complexity index is 982. The van der Waals surface area contributed by atoms with Gasteiger partial charge < -0.3 is 0 Å². The fraction of sp³-hybridized carbons (Fsp3) is 0.125. The molecule has 0 bridgehead atoms. The van der Waals surface area contributed by atoms with Gasteiger partial charge in [-0.15, -0.1) is 11.3 Å². The van der Waals surface area contributed by atoms with Crippen molar-refractivity contribution in [3.05, 3.63) is 61.6 Å². The fourth-order valence-electron chi connectivity index (χ4n) is 2.37. The fourth-order valence-corrected chi connectivity index (χ4v) is 3.67. The van der Waals surface area contributed by atoms with Gasteiger partial charge in [0, 0.05) is 12.1 Å². The van der Waals surface area contributed by atoms with Gasteiger partial charge in [0.05, 0.1) is 20.8 Å². The lowest BCUT2D eigenvalue weighted by molar-refractivity contribution is -0.384. The molecule has 0 aliphatic heterocycles. The van der Waals surface area contributed by atoms with Crippen LogP contribution in [0, 0.1) is 27.9 Å². The quantitative estimate of drug-likeness (QED) is 0.217. The van der Waals surface area contributed by atoms with Gasteiger partial charge in [-0.3, -0.25) is 14.7 Å². The molecule has 0 saturated carbocycles. The summed E-state index contributed by atoms with van der Waals surface area (Å²) in [6.45, 7) is 4.02. The first-order valence-corrected chi connectivity index (χ1v) is 8.10. The molecule has 1 aromatic heterocycles. The first-order chi connectivity index (χ1) is 11.0. The zero-order valence-electron chi connectivity index (χ0n) is 12.5. The lowest BCUT2D eigenvalue weighted by Gasteiger charge is -2.04. The predicted octanol–water partition coefficient (Wildman–Crippen LogP) is 5.17. The van der Waals surface area contributed by atoms with Crippen molar-refractivity contribution >= 4 is 51.5 Å². The first kappa shape index (κ1) is 15.5. The van der Waals surface area contributed by atoms with E-state index >= 15 is 0 Å². The number of hydrogen-bond donors (Lipinski definition) is 0. The van der Waals surface area contributed by atoms with E-state index in [-0.39, 0.29) is 5.69 Å². The van der Waals surface area contributed by atoms with E-state index in [2.05, 4.69) is 4.99 Å². The Morgan fingerprint density at radius 3 is 2.61 bits per heavy atom. The number of non-ortho nitro benzene ring substituents is 1. The van der Waals surface area contributed by atoms with E-state index in [0.29, 0.717) is 3.95 Å². The van der Waals surface area contributed by atoms with Crippen LogP contribution in [0.3, 0.4) is 0 Å². The van der Waals surface area contributed by atoms with E-state index in [1.165, 1.54) is 17.4 Å². The minimum atomic E-state index is -0.405. The molecule has 0 aliphatic rings. The van der Waals surface area contributed by atoms with Gasteiger partial charge in [-0.2, -0.15) is 0 Å². The monoisotopic (exact) mass is 343 g/mol. The number of rotatable bonds is 3. The van der Waals surface area contributed by atoms with Crippen LogP contribution in [0.2, 0.25) is 0 Å². The van der Waals surface area contributed by atoms with Gasteiger partial charge in [0.15, 0.2) is 3.95 Å². The van der Waals surface area contributed by atoms with Crippen LogP contribution in [0.4, 0.5) is 11.4 Å². The highest BCUT2D eigenvalue weighted by Crippen LogP contribution is 2.27. The van der Waals surface area contributed by atoms with Crippen LogP contribution in [-0.4, -0.2) is 15.8 Å². The molecule has 0 spiro atoms. The highest BCUT2D eigenvalue weighted by atomic mass is 32.1. The summed E-state index contributed by atoms with van der Waals surface area (Å²) in [5.74, 6) is 0. The third-order valence-electron chi connectivity index (χ3n) is 3.55. The number of nitro benzene ring substituents is 1. The Balaban J connectivity index is 2.10. The maximum Gasteiger partial charge on any atom is 0.270 e. The lowest BCUT2D eigenvalue weighted by Crippen LogP contribution is -1.95. The molecule has 0 radical (unpaired) electrons. The number of aromatic nitrogens is 1. The molecule has 0 N–H and O–H groups in total. The van der Waals surface area contributed by atoms with Crippen molar-refractivity contribution in [2.24, 2.45) is 4.99 Å². The third-order valence-corrected chi connectivity index (χ3v) is 4.91. The topological polar surface area (TPSA) is 60.4 Å². The minimum Gasteiger partial charge on any atom is -0.282 e. The number of nitrogens with zero attached hydrogens (tertiary/aromatic N) is 3. The van der Waals surface area contributed by atoms with Crippen molar-refractivity contribution in [3.63, 3.8) is 0 Å². The molecule has 2 aromatic carbocycles. The van der Waals surface area contributed by atoms with Gasteiger partial charge in [-0.25, -0.2) is 4.99 Å². The molecule has 3 aromatic rings. The van der Waals surface area contributed by atoms with E-state index in [9.17, 15) is 10.1 Å². The van der Waals surface area contributed by atoms with Gasteiger partial charge in [0.2, 0.25) is 0 Å². The number of hydrogen-bond acceptors (Lipinski definition) is 5. The molecule has 3 rings (SSSR count). The molecule has 0 unspecified atom stereocenters. The normalized spacial score (nSPS) is 11.4. The Hall–Kier alpha value is -2.38. The number of para-hydroxylation sites is 1. The summed E-state index contributed by atoms with van der Waals surface area (Å²) >= 11 is 6.70. The molecule has 0 fully saturated rings. The average Bonchev–Trinajstić information content (AvgIpc) is 2.81. The molecule has 0 atom stereocenters. The number of fused-ring (bicyclic) bond motifs is 1. The summed E-state index contributed by atoms with van der Waals surface area (Å²) < 4.78 is 3.16. The van der Waals surface area contributed by atoms with Crippen LogP contribution < -0.4 is 0 Å². The number of nitro groups is 1. The molecule has 0 saturated heterocycles. The number of benzene rings is 2. The Morgan fingerprint density at radius 1 is 1.26 bits per heavy atom. The van der Waals surface area contributed by atoms with Crippen molar-refractivity contribution in [1.29, 1.82) is 0 Å². The molecule has 1 heterocycles. The lowest BCUT2D eigenvalue weighted by atomic mass is 10.1. The molecule has 0 aliphatic carbocycles. The zero-order chi connectivity index (χ0) is 16.6. The first-order valence-electron chi connectivity index (χ1n) is 6.87. The molecule has 5 nitrogen and oxygen atoms in total. The molecule has 0 amide bonds. The van der Waals surface area contributed by atoms with Gasteiger partial charge in [0.25, 0.3) is 5.69 Å². The van der Waals surface area contributed by atoms with Crippen molar-refractivity contribution in [1.82, 2.24) is 4.57 Å². The second-order valence-electron chi connectivity index (χ2n) is 5.13. The van der Waals surface area contributed by atoms with E-state index in [0.717, 1.165) is 27.0 Å². The predicted molar refractivity (Wildman–Crippen MR) is 96.8 cm³/mol. The van der Waals surface area contributed by atoms with Crippen LogP contribution in [0.15, 0.2) is 41.4 Å². The minimum absolute atomic E-state index is 0.0626. The molecule has 116 valence electrons. The zero-order valence-corrected chi connectivity index (χ0v) is 14.1. The highest BCUT2D eigenvalue weighted by molar-refractivity contribution is 7.73. The summed E-state index contributed by atoms with van der Waals surface area (Å²) in [7, 11) is 0. The largest absolute Gasteiger partial charge is 0.282 e. The number of aryl methyl sites for hydroxylation is 2. The third kappa shape index (κ3) is 2.93. The molecule has 23 heavy (non-hydrogen) atoms. The van der Waals surface area contributed by atoms with Gasteiger partial charge in [-0.05, 0) is 43.3 Å². The summed E-state index contributed by atoms with van der Waals surface area (Å²) in [6, 6.07) is 10.7. The molecule has 7 heteroatoms. The standard InChI is InChI=1S/C16H13N3O2S2/c1-10-4-3-5-11(2)15(10)17-9-18-13-7-6-12(19(20)21)8-14(13)23-16(18)22/h3-9H,1-2H3. The molecular formula is C16H13N3O2S2. The summed E-state index contributed by atoms with van der Waals surface area (Å²) in [4.78, 5) is 15.0. The van der Waals surface area contributed by atoms with Crippen molar-refractivity contribution < 1.29 is 4.92 Å². The summed E-state index contributed by atoms with van der Waals surface area (Å²) in [6.07, 6.45) is 1.68. The summed E-state index contributed by atoms with van der Waals surface area (Å²) in [5.41, 5.74) is 3.97. The Kier molecular flexibility index (Phi) is 4.06. The maximum atomic E-state index is 10.9. The van der Waals surface area contributed by atoms with Crippen LogP contribution in [0.25, 0.3) is 10.2 Å². The van der Waals surface area contributed by atoms with Crippen molar-refractivity contribution in [2.45, 2.75) is 13.8 Å². The van der Waals surface area contributed by atoms with Crippen molar-refractivity contribution in [3.8, 4) is 0 Å². The van der Waals surface area contributed by atoms with Crippen LogP contribution in [-0.2, 0) is 0 Å². The van der Waals surface area contributed by atoms with Crippen LogP contribution >= 0.6 is 23.6 Å². The van der Waals surface area contributed by atoms with Crippen LogP contribution in [0.1, 0.15) is 11.1 Å². The average molecular weight is 343 g/mol. The molecular weight excluding hydrogens is 330 g/mol. The Morgan fingerprint density at radius 2 is 1.96 bits per heavy atom. The van der Waals surface area contributed by atoms with E-state index in [1.54, 1.807) is 23.0 Å². The second kappa shape index (κ2) is 6.02. The highest BCUT2D eigenvalue weighted by Gasteiger charge is 2.10. The van der Waals surface area contributed by atoms with E-state index in [1.807, 2.05) is 32.0 Å². The number of aliphatic imine (C=N–C) groups is 1. The van der Waals surface area contributed by atoms with Gasteiger partial charge in [-0.1, -0.05) is 18.2 Å². The van der Waals surface area contributed by atoms with Crippen LogP contribution in [0.5, 0.6) is 0 Å². The Labute approximate surface area is 141 Å². The van der Waals surface area contributed by atoms with Gasteiger partial charge in [0.1, 0.15) is 6.34 Å². The SMILES string of the molecule is Cc1cccc(C)c1N=Cn1c(=S)sc2cc([N+](=O)[O-])ccc21. The smallest absolute Gasteiger partial charge is 0.270 e. The van der Waals surface area contributed by atoms with E-state index in [4.69, 9.17) is 12.2 Å². The number of thiazole rings is 1. The van der Waals surface area contributed by atoms with Crippen molar-refractivity contribution in [2.75, 3.05) is 0 Å². The summed E-state index contributed by atoms with van der Waals surface area (Å²) in [5, 5.41) is 10.9.